The number of hydrogen-bond acceptors (Lipinski definition) is 5. The molecule has 0 aliphatic heterocycles. The summed E-state index contributed by atoms with van der Waals surface area (Å²) in [7, 11) is -3.59. The highest BCUT2D eigenvalue weighted by atomic mass is 32.2. The van der Waals surface area contributed by atoms with Gasteiger partial charge in [0, 0.05) is 44.9 Å². The molecule has 4 aromatic rings. The van der Waals surface area contributed by atoms with Crippen molar-refractivity contribution < 1.29 is 22.4 Å². The predicted molar refractivity (Wildman–Crippen MR) is 163 cm³/mol. The lowest BCUT2D eigenvalue weighted by molar-refractivity contribution is -0.141. The maximum absolute atomic E-state index is 13.9. The van der Waals surface area contributed by atoms with Crippen LogP contribution in [-0.2, 0) is 45.5 Å². The Morgan fingerprint density at radius 2 is 1.49 bits per heavy atom. The van der Waals surface area contributed by atoms with Crippen molar-refractivity contribution in [3.63, 3.8) is 0 Å². The molecule has 1 heterocycles. The number of sulfonamides is 1. The molecule has 2 N–H and O–H groups in total. The van der Waals surface area contributed by atoms with Crippen LogP contribution >= 0.6 is 0 Å². The highest BCUT2D eigenvalue weighted by Gasteiger charge is 2.30. The summed E-state index contributed by atoms with van der Waals surface area (Å²) in [6, 6.07) is 24.5. The van der Waals surface area contributed by atoms with Crippen LogP contribution in [0.25, 0.3) is 0 Å². The number of amides is 2. The lowest BCUT2D eigenvalue weighted by Crippen LogP contribution is -2.50. The van der Waals surface area contributed by atoms with Crippen LogP contribution in [0.5, 0.6) is 0 Å². The molecule has 0 bridgehead atoms. The summed E-state index contributed by atoms with van der Waals surface area (Å²) < 4.78 is 40.7. The van der Waals surface area contributed by atoms with Crippen LogP contribution in [0.15, 0.2) is 108 Å². The number of benzene rings is 3. The molecule has 0 saturated carbocycles. The first-order valence-electron chi connectivity index (χ1n) is 14.1. The molecule has 43 heavy (non-hydrogen) atoms. The first-order valence-corrected chi connectivity index (χ1v) is 15.6. The van der Waals surface area contributed by atoms with E-state index >= 15 is 0 Å². The average Bonchev–Trinajstić information content (AvgIpc) is 3.02. The van der Waals surface area contributed by atoms with Gasteiger partial charge in [-0.2, -0.15) is 0 Å². The fourth-order valence-corrected chi connectivity index (χ4v) is 5.69. The van der Waals surface area contributed by atoms with Crippen molar-refractivity contribution in [1.82, 2.24) is 19.9 Å². The number of aromatic nitrogens is 1. The van der Waals surface area contributed by atoms with Gasteiger partial charge < -0.3 is 10.2 Å². The van der Waals surface area contributed by atoms with Gasteiger partial charge in [-0.15, -0.1) is 0 Å². The van der Waals surface area contributed by atoms with E-state index in [9.17, 15) is 22.4 Å². The normalized spacial score (nSPS) is 12.0. The third kappa shape index (κ3) is 9.29. The van der Waals surface area contributed by atoms with E-state index in [0.29, 0.717) is 12.0 Å². The fourth-order valence-electron chi connectivity index (χ4n) is 4.65. The van der Waals surface area contributed by atoms with Crippen LogP contribution in [0.3, 0.4) is 0 Å². The maximum atomic E-state index is 13.9. The van der Waals surface area contributed by atoms with Gasteiger partial charge in [-0.1, -0.05) is 61.5 Å². The number of carbonyl (C=O) groups excluding carboxylic acids is 2. The number of pyridine rings is 1. The van der Waals surface area contributed by atoms with E-state index in [-0.39, 0.29) is 49.2 Å². The zero-order chi connectivity index (χ0) is 30.7. The Balaban J connectivity index is 1.58. The van der Waals surface area contributed by atoms with Crippen LogP contribution in [0.4, 0.5) is 4.39 Å². The summed E-state index contributed by atoms with van der Waals surface area (Å²) in [6.07, 6.45) is 4.01. The van der Waals surface area contributed by atoms with Crippen molar-refractivity contribution in [3.05, 3.63) is 131 Å². The molecule has 224 valence electrons. The molecule has 10 heteroatoms. The van der Waals surface area contributed by atoms with Crippen LogP contribution in [0, 0.1) is 5.82 Å². The molecule has 0 aliphatic rings. The van der Waals surface area contributed by atoms with Crippen LogP contribution in [0.2, 0.25) is 0 Å². The van der Waals surface area contributed by atoms with E-state index in [1.165, 1.54) is 24.3 Å². The van der Waals surface area contributed by atoms with Gasteiger partial charge in [-0.05, 0) is 65.1 Å². The number of nitrogens with one attached hydrogen (secondary N) is 2. The number of hydrogen-bond donors (Lipinski definition) is 2. The van der Waals surface area contributed by atoms with E-state index in [4.69, 9.17) is 0 Å². The summed E-state index contributed by atoms with van der Waals surface area (Å²) in [6.45, 7) is 2.37. The van der Waals surface area contributed by atoms with Crippen molar-refractivity contribution in [2.45, 2.75) is 50.2 Å². The van der Waals surface area contributed by atoms with Gasteiger partial charge in [-0.3, -0.25) is 14.6 Å². The standard InChI is InChI=1S/C33H35FN4O4S/c1-2-37-43(41,42)30-15-10-25(11-16-30)12-17-32(39)38(24-28-8-13-29(34)14-9-28)31(22-26-6-4-3-5-7-26)33(40)36-23-27-18-20-35-21-19-27/h3-11,13-16,18-21,31,37H,2,12,17,22-24H2,1H3,(H,36,40). The number of carbonyl (C=O) groups is 2. The highest BCUT2D eigenvalue weighted by molar-refractivity contribution is 7.89. The first kappa shape index (κ1) is 31.5. The molecule has 8 nitrogen and oxygen atoms in total. The molecule has 0 saturated heterocycles. The van der Waals surface area contributed by atoms with Gasteiger partial charge in [0.25, 0.3) is 0 Å². The van der Waals surface area contributed by atoms with Gasteiger partial charge in [0.15, 0.2) is 0 Å². The molecule has 0 aliphatic carbocycles. The smallest absolute Gasteiger partial charge is 0.243 e. The van der Waals surface area contributed by atoms with Gasteiger partial charge in [0.05, 0.1) is 4.90 Å². The van der Waals surface area contributed by atoms with Crippen LogP contribution in [0.1, 0.15) is 35.6 Å². The SMILES string of the molecule is CCNS(=O)(=O)c1ccc(CCC(=O)N(Cc2ccc(F)cc2)C(Cc2ccccc2)C(=O)NCc2ccncc2)cc1. The van der Waals surface area contributed by atoms with Crippen LogP contribution in [-0.4, -0.2) is 42.7 Å². The molecule has 1 atom stereocenters. The number of aryl methyl sites for hydroxylation is 1. The summed E-state index contributed by atoms with van der Waals surface area (Å²) >= 11 is 0. The Bertz CT molecular complexity index is 1580. The lowest BCUT2D eigenvalue weighted by Gasteiger charge is -2.31. The quantitative estimate of drug-likeness (QED) is 0.222. The number of rotatable bonds is 14. The summed E-state index contributed by atoms with van der Waals surface area (Å²) in [4.78, 5) is 33.3. The van der Waals surface area contributed by atoms with Crippen molar-refractivity contribution in [3.8, 4) is 0 Å². The van der Waals surface area contributed by atoms with Gasteiger partial charge >= 0.3 is 0 Å². The van der Waals surface area contributed by atoms with E-state index < -0.39 is 21.9 Å². The minimum absolute atomic E-state index is 0.0867. The summed E-state index contributed by atoms with van der Waals surface area (Å²) in [5, 5.41) is 2.97. The Morgan fingerprint density at radius 1 is 0.837 bits per heavy atom. The Labute approximate surface area is 252 Å². The minimum Gasteiger partial charge on any atom is -0.350 e. The van der Waals surface area contributed by atoms with Gasteiger partial charge in [0.2, 0.25) is 21.8 Å². The molecule has 3 aromatic carbocycles. The largest absolute Gasteiger partial charge is 0.350 e. The third-order valence-corrected chi connectivity index (χ3v) is 8.51. The predicted octanol–water partition coefficient (Wildman–Crippen LogP) is 4.41. The van der Waals surface area contributed by atoms with E-state index in [2.05, 4.69) is 15.0 Å². The fraction of sp³-hybridized carbons (Fsp3) is 0.242. The van der Waals surface area contributed by atoms with Gasteiger partial charge in [-0.25, -0.2) is 17.5 Å². The van der Waals surface area contributed by atoms with Crippen molar-refractivity contribution in [2.24, 2.45) is 0 Å². The molecule has 4 rings (SSSR count). The topological polar surface area (TPSA) is 108 Å². The van der Waals surface area contributed by atoms with Crippen LogP contribution < -0.4 is 10.0 Å². The van der Waals surface area contributed by atoms with Gasteiger partial charge in [0.1, 0.15) is 11.9 Å². The first-order chi connectivity index (χ1) is 20.7. The van der Waals surface area contributed by atoms with Crippen molar-refractivity contribution in [2.75, 3.05) is 6.54 Å². The Morgan fingerprint density at radius 3 is 2.14 bits per heavy atom. The monoisotopic (exact) mass is 602 g/mol. The summed E-state index contributed by atoms with van der Waals surface area (Å²) in [5.41, 5.74) is 3.23. The zero-order valence-electron chi connectivity index (χ0n) is 23.9. The second-order valence-corrected chi connectivity index (χ2v) is 11.8. The molecule has 0 fully saturated rings. The minimum atomic E-state index is -3.59. The number of nitrogens with zero attached hydrogens (tertiary/aromatic N) is 2. The van der Waals surface area contributed by atoms with E-state index in [1.807, 2.05) is 42.5 Å². The zero-order valence-corrected chi connectivity index (χ0v) is 24.8. The Hall–Kier alpha value is -4.41. The maximum Gasteiger partial charge on any atom is 0.243 e. The van der Waals surface area contributed by atoms with Crippen molar-refractivity contribution >= 4 is 21.8 Å². The summed E-state index contributed by atoms with van der Waals surface area (Å²) in [5.74, 6) is -0.958. The molecule has 0 spiro atoms. The average molecular weight is 603 g/mol. The molecular formula is C33H35FN4O4S. The second-order valence-electron chi connectivity index (χ2n) is 10.1. The molecule has 0 radical (unpaired) electrons. The highest BCUT2D eigenvalue weighted by Crippen LogP contribution is 2.18. The third-order valence-electron chi connectivity index (χ3n) is 6.95. The molecule has 2 amide bonds. The lowest BCUT2D eigenvalue weighted by atomic mass is 10.0. The number of halogens is 1. The van der Waals surface area contributed by atoms with E-state index in [1.54, 1.807) is 48.5 Å². The van der Waals surface area contributed by atoms with E-state index in [0.717, 1.165) is 16.7 Å². The van der Waals surface area contributed by atoms with Crippen molar-refractivity contribution in [1.29, 1.82) is 0 Å². The molecule has 1 unspecified atom stereocenters. The molecular weight excluding hydrogens is 567 g/mol. The Kier molecular flexibility index (Phi) is 11.1. The molecule has 1 aromatic heterocycles. The second kappa shape index (κ2) is 15.2.